The zero-order valence-corrected chi connectivity index (χ0v) is 14.6. The molecule has 0 bridgehead atoms. The van der Waals surface area contributed by atoms with Crippen molar-refractivity contribution in [2.75, 3.05) is 0 Å². The molecule has 0 aromatic carbocycles. The van der Waals surface area contributed by atoms with Crippen LogP contribution in [0.25, 0.3) is 0 Å². The summed E-state index contributed by atoms with van der Waals surface area (Å²) in [5, 5.41) is 5.72. The SMILES string of the molecule is CC(C)(C)OC(=O)NC1CCCCC1NC(=O)OC(C)(C)C. The molecule has 0 radical (unpaired) electrons. The summed E-state index contributed by atoms with van der Waals surface area (Å²) in [4.78, 5) is 23.8. The van der Waals surface area contributed by atoms with Gasteiger partial charge in [-0.05, 0) is 54.4 Å². The maximum atomic E-state index is 11.9. The Bertz CT molecular complexity index is 358. The van der Waals surface area contributed by atoms with E-state index in [0.29, 0.717) is 0 Å². The third-order valence-electron chi connectivity index (χ3n) is 3.17. The van der Waals surface area contributed by atoms with E-state index in [1.54, 1.807) is 0 Å². The first kappa shape index (κ1) is 18.6. The van der Waals surface area contributed by atoms with Gasteiger partial charge in [0.15, 0.2) is 0 Å². The summed E-state index contributed by atoms with van der Waals surface area (Å²) in [6.45, 7) is 10.9. The predicted octanol–water partition coefficient (Wildman–Crippen LogP) is 3.35. The maximum Gasteiger partial charge on any atom is 0.407 e. The van der Waals surface area contributed by atoms with Crippen LogP contribution in [-0.4, -0.2) is 35.5 Å². The fourth-order valence-electron chi connectivity index (χ4n) is 2.39. The summed E-state index contributed by atoms with van der Waals surface area (Å²) in [7, 11) is 0. The van der Waals surface area contributed by atoms with Crippen molar-refractivity contribution in [1.82, 2.24) is 10.6 Å². The maximum absolute atomic E-state index is 11.9. The molecule has 0 aromatic heterocycles. The second kappa shape index (κ2) is 7.20. The number of hydrogen-bond donors (Lipinski definition) is 2. The molecule has 2 amide bonds. The Hall–Kier alpha value is -1.46. The normalized spacial score (nSPS) is 22.6. The number of ether oxygens (including phenoxy) is 2. The van der Waals surface area contributed by atoms with E-state index < -0.39 is 23.4 Å². The molecule has 2 atom stereocenters. The van der Waals surface area contributed by atoms with Crippen molar-refractivity contribution < 1.29 is 19.1 Å². The van der Waals surface area contributed by atoms with Gasteiger partial charge in [-0.25, -0.2) is 9.59 Å². The fourth-order valence-corrected chi connectivity index (χ4v) is 2.39. The van der Waals surface area contributed by atoms with Crippen LogP contribution >= 0.6 is 0 Å². The molecule has 0 heterocycles. The zero-order valence-electron chi connectivity index (χ0n) is 14.6. The Balaban J connectivity index is 2.56. The standard InChI is InChI=1S/C16H30N2O4/c1-15(2,3)21-13(19)17-11-9-7-8-10-12(11)18-14(20)22-16(4,5)6/h11-12H,7-10H2,1-6H3,(H,17,19)(H,18,20). The minimum Gasteiger partial charge on any atom is -0.444 e. The van der Waals surface area contributed by atoms with E-state index in [1.807, 2.05) is 41.5 Å². The zero-order chi connectivity index (χ0) is 17.0. The average Bonchev–Trinajstić information content (AvgIpc) is 2.26. The van der Waals surface area contributed by atoms with Gasteiger partial charge < -0.3 is 20.1 Å². The molecular formula is C16H30N2O4. The van der Waals surface area contributed by atoms with Gasteiger partial charge in [0.2, 0.25) is 0 Å². The number of rotatable bonds is 2. The van der Waals surface area contributed by atoms with Crippen molar-refractivity contribution in [3.63, 3.8) is 0 Å². The van der Waals surface area contributed by atoms with Gasteiger partial charge >= 0.3 is 12.2 Å². The second-order valence-corrected chi connectivity index (χ2v) is 7.79. The van der Waals surface area contributed by atoms with E-state index in [2.05, 4.69) is 10.6 Å². The molecule has 22 heavy (non-hydrogen) atoms. The summed E-state index contributed by atoms with van der Waals surface area (Å²) in [5.74, 6) is 0. The first-order valence-electron chi connectivity index (χ1n) is 7.95. The Morgan fingerprint density at radius 3 is 1.36 bits per heavy atom. The molecular weight excluding hydrogens is 284 g/mol. The van der Waals surface area contributed by atoms with Gasteiger partial charge in [0.05, 0.1) is 12.1 Å². The highest BCUT2D eigenvalue weighted by Crippen LogP contribution is 2.20. The number of alkyl carbamates (subject to hydrolysis) is 2. The summed E-state index contributed by atoms with van der Waals surface area (Å²) in [6, 6.07) is -0.257. The monoisotopic (exact) mass is 314 g/mol. The largest absolute Gasteiger partial charge is 0.444 e. The lowest BCUT2D eigenvalue weighted by atomic mass is 9.90. The van der Waals surface area contributed by atoms with Crippen molar-refractivity contribution in [3.05, 3.63) is 0 Å². The van der Waals surface area contributed by atoms with E-state index in [9.17, 15) is 9.59 Å². The smallest absolute Gasteiger partial charge is 0.407 e. The number of hydrogen-bond acceptors (Lipinski definition) is 4. The summed E-state index contributed by atoms with van der Waals surface area (Å²) in [5.41, 5.74) is -1.07. The molecule has 0 aromatic rings. The summed E-state index contributed by atoms with van der Waals surface area (Å²) < 4.78 is 10.6. The molecule has 128 valence electrons. The minimum absolute atomic E-state index is 0.129. The number of carbonyl (C=O) groups is 2. The lowest BCUT2D eigenvalue weighted by Crippen LogP contribution is -2.54. The lowest BCUT2D eigenvalue weighted by molar-refractivity contribution is 0.0407. The van der Waals surface area contributed by atoms with Crippen molar-refractivity contribution in [2.45, 2.75) is 90.5 Å². The van der Waals surface area contributed by atoms with Crippen LogP contribution in [0.15, 0.2) is 0 Å². The van der Waals surface area contributed by atoms with Crippen LogP contribution in [0.5, 0.6) is 0 Å². The van der Waals surface area contributed by atoms with Gasteiger partial charge in [-0.2, -0.15) is 0 Å². The first-order valence-corrected chi connectivity index (χ1v) is 7.95. The highest BCUT2D eigenvalue weighted by molar-refractivity contribution is 5.70. The molecule has 1 saturated carbocycles. The Morgan fingerprint density at radius 1 is 0.773 bits per heavy atom. The van der Waals surface area contributed by atoms with Crippen LogP contribution in [0.2, 0.25) is 0 Å². The van der Waals surface area contributed by atoms with Crippen molar-refractivity contribution in [3.8, 4) is 0 Å². The van der Waals surface area contributed by atoms with Gasteiger partial charge in [0.25, 0.3) is 0 Å². The Morgan fingerprint density at radius 2 is 1.09 bits per heavy atom. The Labute approximate surface area is 133 Å². The topological polar surface area (TPSA) is 76.7 Å². The van der Waals surface area contributed by atoms with E-state index in [0.717, 1.165) is 25.7 Å². The molecule has 2 N–H and O–H groups in total. The van der Waals surface area contributed by atoms with Gasteiger partial charge in [-0.1, -0.05) is 12.8 Å². The molecule has 0 saturated heterocycles. The van der Waals surface area contributed by atoms with Crippen LogP contribution < -0.4 is 10.6 Å². The molecule has 1 aliphatic carbocycles. The van der Waals surface area contributed by atoms with Crippen LogP contribution in [-0.2, 0) is 9.47 Å². The molecule has 1 aliphatic rings. The summed E-state index contributed by atoms with van der Waals surface area (Å²) in [6.07, 6.45) is 2.78. The van der Waals surface area contributed by atoms with Gasteiger partial charge in [0, 0.05) is 0 Å². The molecule has 2 unspecified atom stereocenters. The van der Waals surface area contributed by atoms with Gasteiger partial charge in [0.1, 0.15) is 11.2 Å². The summed E-state index contributed by atoms with van der Waals surface area (Å²) >= 11 is 0. The third-order valence-corrected chi connectivity index (χ3v) is 3.17. The predicted molar refractivity (Wildman–Crippen MR) is 84.8 cm³/mol. The van der Waals surface area contributed by atoms with Gasteiger partial charge in [-0.15, -0.1) is 0 Å². The highest BCUT2D eigenvalue weighted by Gasteiger charge is 2.30. The quantitative estimate of drug-likeness (QED) is 0.819. The Kier molecular flexibility index (Phi) is 6.08. The van der Waals surface area contributed by atoms with Crippen LogP contribution in [0.1, 0.15) is 67.2 Å². The van der Waals surface area contributed by atoms with E-state index in [1.165, 1.54) is 0 Å². The van der Waals surface area contributed by atoms with Crippen molar-refractivity contribution in [1.29, 1.82) is 0 Å². The number of carbonyl (C=O) groups excluding carboxylic acids is 2. The van der Waals surface area contributed by atoms with Crippen molar-refractivity contribution >= 4 is 12.2 Å². The molecule has 1 fully saturated rings. The van der Waals surface area contributed by atoms with Gasteiger partial charge in [-0.3, -0.25) is 0 Å². The van der Waals surface area contributed by atoms with Crippen LogP contribution in [0.4, 0.5) is 9.59 Å². The fraction of sp³-hybridized carbons (Fsp3) is 0.875. The highest BCUT2D eigenvalue weighted by atomic mass is 16.6. The first-order chi connectivity index (χ1) is 9.96. The average molecular weight is 314 g/mol. The van der Waals surface area contributed by atoms with Crippen LogP contribution in [0, 0.1) is 0 Å². The van der Waals surface area contributed by atoms with E-state index >= 15 is 0 Å². The van der Waals surface area contributed by atoms with Crippen LogP contribution in [0.3, 0.4) is 0 Å². The number of amides is 2. The lowest BCUT2D eigenvalue weighted by Gasteiger charge is -2.33. The third kappa shape index (κ3) is 7.52. The molecule has 1 rings (SSSR count). The van der Waals surface area contributed by atoms with E-state index in [-0.39, 0.29) is 12.1 Å². The van der Waals surface area contributed by atoms with E-state index in [4.69, 9.17) is 9.47 Å². The number of nitrogens with one attached hydrogen (secondary N) is 2. The minimum atomic E-state index is -0.535. The molecule has 6 heteroatoms. The second-order valence-electron chi connectivity index (χ2n) is 7.79. The molecule has 6 nitrogen and oxygen atoms in total. The van der Waals surface area contributed by atoms with Crippen molar-refractivity contribution in [2.24, 2.45) is 0 Å². The molecule has 0 spiro atoms. The molecule has 0 aliphatic heterocycles.